The van der Waals surface area contributed by atoms with E-state index >= 15 is 0 Å². The van der Waals surface area contributed by atoms with Gasteiger partial charge in [0.1, 0.15) is 23.3 Å². The third-order valence-electron chi connectivity index (χ3n) is 2.30. The molecule has 2 aromatic rings. The molecule has 1 aromatic carbocycles. The van der Waals surface area contributed by atoms with E-state index in [0.29, 0.717) is 6.07 Å². The lowest BCUT2D eigenvalue weighted by molar-refractivity contribution is -0.384. The van der Waals surface area contributed by atoms with E-state index < -0.39 is 16.6 Å². The molecule has 0 saturated carbocycles. The molecule has 0 unspecified atom stereocenters. The Labute approximate surface area is 111 Å². The molecule has 0 fully saturated rings. The van der Waals surface area contributed by atoms with Gasteiger partial charge in [0.05, 0.1) is 17.1 Å². The second-order valence-corrected chi connectivity index (χ2v) is 3.78. The number of anilines is 3. The SMILES string of the molecule is NNc1cc([N+](=O)[O-])cc(Nc2cc(F)cc(F)c2)n1. The molecule has 104 valence electrons. The molecule has 2 rings (SSSR count). The number of hydrogen-bond acceptors (Lipinski definition) is 6. The molecule has 9 heteroatoms. The molecular weight excluding hydrogens is 272 g/mol. The first-order valence-electron chi connectivity index (χ1n) is 5.34. The number of hydrazine groups is 1. The Balaban J connectivity index is 2.37. The average Bonchev–Trinajstić information content (AvgIpc) is 2.36. The molecule has 0 aliphatic rings. The van der Waals surface area contributed by atoms with Crippen LogP contribution in [0.3, 0.4) is 0 Å². The fraction of sp³-hybridized carbons (Fsp3) is 0. The number of benzene rings is 1. The predicted molar refractivity (Wildman–Crippen MR) is 68.3 cm³/mol. The van der Waals surface area contributed by atoms with Crippen LogP contribution in [-0.2, 0) is 0 Å². The number of aromatic nitrogens is 1. The van der Waals surface area contributed by atoms with Crippen molar-refractivity contribution in [2.75, 3.05) is 10.7 Å². The van der Waals surface area contributed by atoms with Gasteiger partial charge in [-0.05, 0) is 12.1 Å². The van der Waals surface area contributed by atoms with E-state index in [9.17, 15) is 18.9 Å². The molecule has 1 heterocycles. The van der Waals surface area contributed by atoms with Crippen LogP contribution in [0.4, 0.5) is 31.8 Å². The van der Waals surface area contributed by atoms with Crippen molar-refractivity contribution < 1.29 is 13.7 Å². The van der Waals surface area contributed by atoms with Gasteiger partial charge in [0.2, 0.25) is 0 Å². The summed E-state index contributed by atoms with van der Waals surface area (Å²) in [5.41, 5.74) is 1.96. The predicted octanol–water partition coefficient (Wildman–Crippen LogP) is 2.30. The third kappa shape index (κ3) is 3.14. The van der Waals surface area contributed by atoms with E-state index in [0.717, 1.165) is 24.3 Å². The van der Waals surface area contributed by atoms with Gasteiger partial charge in [-0.1, -0.05) is 0 Å². The number of halogens is 2. The van der Waals surface area contributed by atoms with Crippen LogP contribution >= 0.6 is 0 Å². The molecule has 1 aromatic heterocycles. The van der Waals surface area contributed by atoms with Gasteiger partial charge in [-0.15, -0.1) is 0 Å². The zero-order valence-corrected chi connectivity index (χ0v) is 9.93. The quantitative estimate of drug-likeness (QED) is 0.451. The number of hydrogen-bond donors (Lipinski definition) is 3. The molecule has 0 radical (unpaired) electrons. The Bertz CT molecular complexity index is 645. The number of nitrogen functional groups attached to an aromatic ring is 1. The normalized spacial score (nSPS) is 10.2. The monoisotopic (exact) mass is 281 g/mol. The van der Waals surface area contributed by atoms with Crippen LogP contribution < -0.4 is 16.6 Å². The number of nitro groups is 1. The zero-order chi connectivity index (χ0) is 14.7. The molecule has 20 heavy (non-hydrogen) atoms. The van der Waals surface area contributed by atoms with Crippen molar-refractivity contribution in [2.24, 2.45) is 5.84 Å². The minimum Gasteiger partial charge on any atom is -0.340 e. The zero-order valence-electron chi connectivity index (χ0n) is 9.93. The summed E-state index contributed by atoms with van der Waals surface area (Å²) < 4.78 is 26.1. The highest BCUT2D eigenvalue weighted by atomic mass is 19.1. The van der Waals surface area contributed by atoms with E-state index in [1.165, 1.54) is 0 Å². The van der Waals surface area contributed by atoms with Gasteiger partial charge in [0, 0.05) is 11.8 Å². The minimum absolute atomic E-state index is 0.0251. The molecule has 0 aliphatic heterocycles. The van der Waals surface area contributed by atoms with Gasteiger partial charge in [-0.25, -0.2) is 19.6 Å². The van der Waals surface area contributed by atoms with Gasteiger partial charge >= 0.3 is 0 Å². The molecule has 4 N–H and O–H groups in total. The standard InChI is InChI=1S/C11H9F2N5O2/c12-6-1-7(13)3-8(2-6)15-10-4-9(18(19)20)5-11(16-10)17-14/h1-5H,14H2,(H2,15,16,17). The molecular formula is C11H9F2N5O2. The summed E-state index contributed by atoms with van der Waals surface area (Å²) in [5, 5.41) is 13.3. The van der Waals surface area contributed by atoms with Crippen LogP contribution in [0.1, 0.15) is 0 Å². The lowest BCUT2D eigenvalue weighted by Gasteiger charge is -2.08. The molecule has 0 amide bonds. The van der Waals surface area contributed by atoms with E-state index in [4.69, 9.17) is 5.84 Å². The third-order valence-corrected chi connectivity index (χ3v) is 2.30. The first-order chi connectivity index (χ1) is 9.47. The summed E-state index contributed by atoms with van der Waals surface area (Å²) in [5.74, 6) is 3.65. The Morgan fingerprint density at radius 2 is 1.70 bits per heavy atom. The Morgan fingerprint density at radius 1 is 1.10 bits per heavy atom. The largest absolute Gasteiger partial charge is 0.340 e. The van der Waals surface area contributed by atoms with Gasteiger partial charge in [0.25, 0.3) is 5.69 Å². The molecule has 0 bridgehead atoms. The second kappa shape index (κ2) is 5.45. The van der Waals surface area contributed by atoms with Crippen molar-refractivity contribution in [3.05, 3.63) is 52.1 Å². The van der Waals surface area contributed by atoms with E-state index in [1.807, 2.05) is 0 Å². The summed E-state index contributed by atoms with van der Waals surface area (Å²) in [6, 6.07) is 5.00. The fourth-order valence-corrected chi connectivity index (χ4v) is 1.53. The summed E-state index contributed by atoms with van der Waals surface area (Å²) in [7, 11) is 0. The van der Waals surface area contributed by atoms with Gasteiger partial charge < -0.3 is 10.7 Å². The summed E-state index contributed by atoms with van der Waals surface area (Å²) in [4.78, 5) is 14.0. The topological polar surface area (TPSA) is 106 Å². The van der Waals surface area contributed by atoms with Crippen LogP contribution in [0.2, 0.25) is 0 Å². The Hall–Kier alpha value is -2.81. The maximum absolute atomic E-state index is 13.0. The molecule has 7 nitrogen and oxygen atoms in total. The summed E-state index contributed by atoms with van der Waals surface area (Å²) >= 11 is 0. The van der Waals surface area contributed by atoms with Crippen LogP contribution in [0.15, 0.2) is 30.3 Å². The van der Waals surface area contributed by atoms with Gasteiger partial charge in [0.15, 0.2) is 0 Å². The van der Waals surface area contributed by atoms with Gasteiger partial charge in [-0.2, -0.15) is 0 Å². The maximum atomic E-state index is 13.0. The number of pyridine rings is 1. The second-order valence-electron chi connectivity index (χ2n) is 3.78. The maximum Gasteiger partial charge on any atom is 0.276 e. The van der Waals surface area contributed by atoms with Crippen molar-refractivity contribution in [1.29, 1.82) is 0 Å². The Morgan fingerprint density at radius 3 is 2.25 bits per heavy atom. The molecule has 0 atom stereocenters. The van der Waals surface area contributed by atoms with Crippen LogP contribution in [0.5, 0.6) is 0 Å². The van der Waals surface area contributed by atoms with Crippen LogP contribution in [0.25, 0.3) is 0 Å². The minimum atomic E-state index is -0.782. The van der Waals surface area contributed by atoms with Crippen molar-refractivity contribution in [1.82, 2.24) is 4.98 Å². The van der Waals surface area contributed by atoms with Crippen molar-refractivity contribution in [3.63, 3.8) is 0 Å². The lowest BCUT2D eigenvalue weighted by Crippen LogP contribution is -2.10. The molecule has 0 spiro atoms. The Kier molecular flexibility index (Phi) is 3.71. The number of nitrogens with one attached hydrogen (secondary N) is 2. The summed E-state index contributed by atoms with van der Waals surface area (Å²) in [6.07, 6.45) is 0. The van der Waals surface area contributed by atoms with E-state index in [1.54, 1.807) is 0 Å². The first kappa shape index (κ1) is 13.6. The smallest absolute Gasteiger partial charge is 0.276 e. The van der Waals surface area contributed by atoms with E-state index in [2.05, 4.69) is 15.7 Å². The number of nitrogens with two attached hydrogens (primary N) is 1. The molecule has 0 aliphatic carbocycles. The van der Waals surface area contributed by atoms with Crippen LogP contribution in [-0.4, -0.2) is 9.91 Å². The highest BCUT2D eigenvalue weighted by Crippen LogP contribution is 2.23. The van der Waals surface area contributed by atoms with Crippen molar-refractivity contribution in [2.45, 2.75) is 0 Å². The highest BCUT2D eigenvalue weighted by Gasteiger charge is 2.11. The lowest BCUT2D eigenvalue weighted by atomic mass is 10.3. The van der Waals surface area contributed by atoms with Crippen LogP contribution in [0, 0.1) is 21.7 Å². The average molecular weight is 281 g/mol. The van der Waals surface area contributed by atoms with E-state index in [-0.39, 0.29) is 23.0 Å². The first-order valence-corrected chi connectivity index (χ1v) is 5.34. The summed E-state index contributed by atoms with van der Waals surface area (Å²) in [6.45, 7) is 0. The van der Waals surface area contributed by atoms with Crippen molar-refractivity contribution in [3.8, 4) is 0 Å². The fourth-order valence-electron chi connectivity index (χ4n) is 1.53. The molecule has 0 saturated heterocycles. The number of rotatable bonds is 4. The van der Waals surface area contributed by atoms with Gasteiger partial charge in [-0.3, -0.25) is 10.1 Å². The highest BCUT2D eigenvalue weighted by molar-refractivity contribution is 5.62. The number of nitrogens with zero attached hydrogens (tertiary/aromatic N) is 2. The van der Waals surface area contributed by atoms with Crippen molar-refractivity contribution >= 4 is 23.0 Å².